The number of methoxy groups -OCH3 is 1. The molecule has 3 heteroatoms. The molecule has 2 rings (SSSR count). The Kier molecular flexibility index (Phi) is 3.46. The fourth-order valence-electron chi connectivity index (χ4n) is 2.45. The van der Waals surface area contributed by atoms with E-state index >= 15 is 0 Å². The maximum absolute atomic E-state index is 9.18. The molecular formula is C13H19NO2. The van der Waals surface area contributed by atoms with Crippen LogP contribution in [0, 0.1) is 5.92 Å². The van der Waals surface area contributed by atoms with Crippen molar-refractivity contribution in [3.63, 3.8) is 0 Å². The molecule has 1 saturated heterocycles. The van der Waals surface area contributed by atoms with Gasteiger partial charge in [0.05, 0.1) is 7.11 Å². The molecule has 3 nitrogen and oxygen atoms in total. The highest BCUT2D eigenvalue weighted by Crippen LogP contribution is 2.34. The molecule has 0 amide bonds. The van der Waals surface area contributed by atoms with Crippen molar-refractivity contribution in [2.75, 3.05) is 27.3 Å². The minimum absolute atomic E-state index is 0.289. The van der Waals surface area contributed by atoms with Gasteiger partial charge in [-0.15, -0.1) is 0 Å². The topological polar surface area (TPSA) is 32.7 Å². The number of ether oxygens (including phenoxy) is 1. The molecule has 0 spiro atoms. The van der Waals surface area contributed by atoms with Gasteiger partial charge in [0.2, 0.25) is 0 Å². The van der Waals surface area contributed by atoms with Crippen molar-refractivity contribution in [2.24, 2.45) is 5.92 Å². The summed E-state index contributed by atoms with van der Waals surface area (Å²) in [6.45, 7) is 1.27. The molecular weight excluding hydrogens is 202 g/mol. The molecule has 1 aliphatic heterocycles. The molecule has 2 unspecified atom stereocenters. The third-order valence-corrected chi connectivity index (χ3v) is 3.39. The number of hydrogen-bond acceptors (Lipinski definition) is 3. The summed E-state index contributed by atoms with van der Waals surface area (Å²) in [5.41, 5.74) is 1.30. The number of rotatable bonds is 3. The summed E-state index contributed by atoms with van der Waals surface area (Å²) in [4.78, 5) is 2.31. The van der Waals surface area contributed by atoms with Crippen LogP contribution in [0.2, 0.25) is 0 Å². The number of aliphatic hydroxyl groups excluding tert-OH is 1. The van der Waals surface area contributed by atoms with Gasteiger partial charge < -0.3 is 9.84 Å². The number of nitrogens with zero attached hydrogens (tertiary/aromatic N) is 1. The highest BCUT2D eigenvalue weighted by molar-refractivity contribution is 5.29. The van der Waals surface area contributed by atoms with Crippen LogP contribution in [0.3, 0.4) is 0 Å². The van der Waals surface area contributed by atoms with Gasteiger partial charge in [-0.3, -0.25) is 4.90 Å². The number of benzene rings is 1. The van der Waals surface area contributed by atoms with Crippen LogP contribution in [-0.4, -0.2) is 37.3 Å². The largest absolute Gasteiger partial charge is 0.497 e. The van der Waals surface area contributed by atoms with Crippen molar-refractivity contribution in [1.29, 1.82) is 0 Å². The summed E-state index contributed by atoms with van der Waals surface area (Å²) in [7, 11) is 3.79. The smallest absolute Gasteiger partial charge is 0.118 e. The van der Waals surface area contributed by atoms with Crippen LogP contribution in [0.25, 0.3) is 0 Å². The van der Waals surface area contributed by atoms with E-state index in [9.17, 15) is 5.11 Å². The fourth-order valence-corrected chi connectivity index (χ4v) is 2.45. The maximum atomic E-state index is 9.18. The summed E-state index contributed by atoms with van der Waals surface area (Å²) in [6.07, 6.45) is 1.04. The highest BCUT2D eigenvalue weighted by Gasteiger charge is 2.29. The summed E-state index contributed by atoms with van der Waals surface area (Å²) in [5.74, 6) is 1.31. The van der Waals surface area contributed by atoms with Gasteiger partial charge in [-0.1, -0.05) is 12.1 Å². The Labute approximate surface area is 96.6 Å². The van der Waals surface area contributed by atoms with Crippen LogP contribution in [0.15, 0.2) is 24.3 Å². The predicted molar refractivity (Wildman–Crippen MR) is 63.6 cm³/mol. The van der Waals surface area contributed by atoms with Crippen molar-refractivity contribution in [3.05, 3.63) is 29.8 Å². The lowest BCUT2D eigenvalue weighted by atomic mass is 10.0. The second-order valence-electron chi connectivity index (χ2n) is 4.51. The Hall–Kier alpha value is -1.06. The molecule has 0 bridgehead atoms. The van der Waals surface area contributed by atoms with Crippen molar-refractivity contribution < 1.29 is 9.84 Å². The van der Waals surface area contributed by atoms with E-state index < -0.39 is 0 Å². The van der Waals surface area contributed by atoms with Crippen molar-refractivity contribution in [3.8, 4) is 5.75 Å². The predicted octanol–water partition coefficient (Wildman–Crippen LogP) is 1.68. The molecule has 1 fully saturated rings. The van der Waals surface area contributed by atoms with E-state index in [1.807, 2.05) is 12.1 Å². The molecule has 1 aromatic carbocycles. The van der Waals surface area contributed by atoms with Crippen molar-refractivity contribution >= 4 is 0 Å². The first kappa shape index (κ1) is 11.4. The minimum Gasteiger partial charge on any atom is -0.497 e. The molecule has 0 saturated carbocycles. The zero-order valence-corrected chi connectivity index (χ0v) is 9.89. The first-order chi connectivity index (χ1) is 7.74. The van der Waals surface area contributed by atoms with E-state index in [1.54, 1.807) is 7.11 Å². The van der Waals surface area contributed by atoms with E-state index in [1.165, 1.54) is 5.56 Å². The average molecular weight is 221 g/mol. The molecule has 88 valence electrons. The van der Waals surface area contributed by atoms with Gasteiger partial charge in [0.15, 0.2) is 0 Å². The van der Waals surface area contributed by atoms with Crippen LogP contribution < -0.4 is 4.74 Å². The quantitative estimate of drug-likeness (QED) is 0.843. The van der Waals surface area contributed by atoms with Crippen molar-refractivity contribution in [2.45, 2.75) is 12.5 Å². The highest BCUT2D eigenvalue weighted by atomic mass is 16.5. The Morgan fingerprint density at radius 3 is 2.56 bits per heavy atom. The van der Waals surface area contributed by atoms with E-state index in [2.05, 4.69) is 24.1 Å². The monoisotopic (exact) mass is 221 g/mol. The summed E-state index contributed by atoms with van der Waals surface area (Å²) in [6, 6.07) is 8.65. The molecule has 1 N–H and O–H groups in total. The molecule has 1 aromatic rings. The summed E-state index contributed by atoms with van der Waals surface area (Å²) < 4.78 is 5.15. The van der Waals surface area contributed by atoms with Crippen LogP contribution in [0.1, 0.15) is 18.0 Å². The molecule has 0 radical (unpaired) electrons. The second kappa shape index (κ2) is 4.85. The minimum atomic E-state index is 0.289. The summed E-state index contributed by atoms with van der Waals surface area (Å²) in [5, 5.41) is 9.18. The molecule has 0 aliphatic carbocycles. The first-order valence-corrected chi connectivity index (χ1v) is 5.69. The van der Waals surface area contributed by atoms with Gasteiger partial charge >= 0.3 is 0 Å². The van der Waals surface area contributed by atoms with E-state index in [0.29, 0.717) is 12.0 Å². The Morgan fingerprint density at radius 2 is 2.06 bits per heavy atom. The van der Waals surface area contributed by atoms with Gasteiger partial charge in [-0.05, 0) is 37.1 Å². The van der Waals surface area contributed by atoms with Crippen LogP contribution in [0.5, 0.6) is 5.75 Å². The van der Waals surface area contributed by atoms with E-state index in [4.69, 9.17) is 4.74 Å². The molecule has 2 atom stereocenters. The van der Waals surface area contributed by atoms with Gasteiger partial charge in [-0.25, -0.2) is 0 Å². The van der Waals surface area contributed by atoms with Gasteiger partial charge in [0.1, 0.15) is 5.75 Å². The third-order valence-electron chi connectivity index (χ3n) is 3.39. The molecule has 1 heterocycles. The van der Waals surface area contributed by atoms with Gasteiger partial charge in [-0.2, -0.15) is 0 Å². The molecule has 0 aromatic heterocycles. The van der Waals surface area contributed by atoms with Crippen LogP contribution >= 0.6 is 0 Å². The zero-order valence-electron chi connectivity index (χ0n) is 9.89. The zero-order chi connectivity index (χ0) is 11.5. The second-order valence-corrected chi connectivity index (χ2v) is 4.51. The lowest BCUT2D eigenvalue weighted by Gasteiger charge is -2.19. The normalized spacial score (nSPS) is 25.9. The van der Waals surface area contributed by atoms with Crippen LogP contribution in [-0.2, 0) is 0 Å². The third kappa shape index (κ3) is 2.20. The lowest BCUT2D eigenvalue weighted by molar-refractivity contribution is 0.227. The molecule has 16 heavy (non-hydrogen) atoms. The van der Waals surface area contributed by atoms with Crippen molar-refractivity contribution in [1.82, 2.24) is 4.90 Å². The number of aliphatic hydroxyl groups is 1. The lowest BCUT2D eigenvalue weighted by Crippen LogP contribution is -2.18. The Morgan fingerprint density at radius 1 is 1.38 bits per heavy atom. The Balaban J connectivity index is 2.11. The average Bonchev–Trinajstić information content (AvgIpc) is 2.71. The van der Waals surface area contributed by atoms with Crippen LogP contribution in [0.4, 0.5) is 0 Å². The molecule has 1 aliphatic rings. The Bertz CT molecular complexity index is 336. The van der Waals surface area contributed by atoms with Gasteiger partial charge in [0, 0.05) is 19.2 Å². The van der Waals surface area contributed by atoms with E-state index in [-0.39, 0.29) is 6.61 Å². The standard InChI is InChI=1S/C13H19NO2/c1-14-8-10(9-15)7-13(14)11-3-5-12(16-2)6-4-11/h3-6,10,13,15H,7-9H2,1-2H3. The maximum Gasteiger partial charge on any atom is 0.118 e. The summed E-state index contributed by atoms with van der Waals surface area (Å²) >= 11 is 0. The SMILES string of the molecule is COc1ccc(C2CC(CO)CN2C)cc1. The number of hydrogen-bond donors (Lipinski definition) is 1. The first-order valence-electron chi connectivity index (χ1n) is 5.69. The van der Waals surface area contributed by atoms with E-state index in [0.717, 1.165) is 18.7 Å². The number of likely N-dealkylation sites (tertiary alicyclic amines) is 1. The fraction of sp³-hybridized carbons (Fsp3) is 0.538. The van der Waals surface area contributed by atoms with Gasteiger partial charge in [0.25, 0.3) is 0 Å².